The number of alkyl halides is 1. The van der Waals surface area contributed by atoms with Gasteiger partial charge in [0.05, 0.1) is 6.10 Å². The molecule has 8 heteroatoms. The highest BCUT2D eigenvalue weighted by Crippen LogP contribution is 2.22. The molecular formula is C20H20Cl2O6. The number of aliphatic hydroxyl groups excluding tert-OH is 3. The Labute approximate surface area is 172 Å². The van der Waals surface area contributed by atoms with Crippen molar-refractivity contribution in [1.82, 2.24) is 0 Å². The van der Waals surface area contributed by atoms with Crippen molar-refractivity contribution in [3.63, 3.8) is 0 Å². The van der Waals surface area contributed by atoms with Gasteiger partial charge < -0.3 is 20.4 Å². The van der Waals surface area contributed by atoms with E-state index in [1.165, 1.54) is 0 Å². The summed E-state index contributed by atoms with van der Waals surface area (Å²) in [6, 6.07) is 14.8. The van der Waals surface area contributed by atoms with Gasteiger partial charge in [0.15, 0.2) is 0 Å². The van der Waals surface area contributed by atoms with Gasteiger partial charge in [0.2, 0.25) is 11.6 Å². The average molecular weight is 427 g/mol. The Balaban J connectivity index is 2.04. The molecule has 150 valence electrons. The zero-order chi connectivity index (χ0) is 20.9. The number of carbonyl (C=O) groups excluding carboxylic acids is 2. The van der Waals surface area contributed by atoms with Crippen molar-refractivity contribution in [3.8, 4) is 0 Å². The minimum Gasteiger partial charge on any atom is -0.390 e. The molecule has 2 aromatic rings. The number of carbonyl (C=O) groups is 2. The molecule has 2 rings (SSSR count). The standard InChI is InChI=1S/C20H20Cl2O6/c21-14-8-6-13(7-9-14)10-15(23)17(25)19(27)20(22,28)18(26)16(24)11-12-4-2-1-3-5-12/h1-9,15-17,23-25,28H,10-11H2/t15?,16?,17-,20+/m0/s1. The smallest absolute Gasteiger partial charge is 0.262 e. The Morgan fingerprint density at radius 3 is 1.96 bits per heavy atom. The number of hydrogen-bond donors (Lipinski definition) is 4. The topological polar surface area (TPSA) is 115 Å². The predicted octanol–water partition coefficient (Wildman–Crippen LogP) is 1.27. The first-order valence-electron chi connectivity index (χ1n) is 8.45. The lowest BCUT2D eigenvalue weighted by atomic mass is 9.93. The van der Waals surface area contributed by atoms with Gasteiger partial charge >= 0.3 is 0 Å². The van der Waals surface area contributed by atoms with E-state index < -0.39 is 34.9 Å². The largest absolute Gasteiger partial charge is 0.390 e. The Morgan fingerprint density at radius 1 is 0.857 bits per heavy atom. The summed E-state index contributed by atoms with van der Waals surface area (Å²) in [5.41, 5.74) is 1.16. The molecule has 0 saturated carbocycles. The molecule has 4 N–H and O–H groups in total. The SMILES string of the molecule is O=C(C(O)Cc1ccccc1)[C@](O)(Cl)C(=O)[C@@H](O)C(O)Cc1ccc(Cl)cc1. The van der Waals surface area contributed by atoms with Crippen LogP contribution in [-0.4, -0.2) is 55.4 Å². The monoisotopic (exact) mass is 426 g/mol. The van der Waals surface area contributed by atoms with Crippen molar-refractivity contribution >= 4 is 34.8 Å². The molecule has 4 atom stereocenters. The Morgan fingerprint density at radius 2 is 1.39 bits per heavy atom. The number of hydrogen-bond acceptors (Lipinski definition) is 6. The first kappa shape index (κ1) is 22.5. The van der Waals surface area contributed by atoms with E-state index in [-0.39, 0.29) is 12.8 Å². The number of benzene rings is 2. The lowest BCUT2D eigenvalue weighted by Crippen LogP contribution is -2.54. The highest BCUT2D eigenvalue weighted by atomic mass is 35.5. The van der Waals surface area contributed by atoms with Crippen molar-refractivity contribution < 1.29 is 30.0 Å². The Bertz CT molecular complexity index is 807. The van der Waals surface area contributed by atoms with Gasteiger partial charge in [0.25, 0.3) is 5.06 Å². The second-order valence-electron chi connectivity index (χ2n) is 6.40. The average Bonchev–Trinajstić information content (AvgIpc) is 2.68. The van der Waals surface area contributed by atoms with Gasteiger partial charge in [-0.1, -0.05) is 65.7 Å². The van der Waals surface area contributed by atoms with Gasteiger partial charge in [-0.05, 0) is 23.3 Å². The highest BCUT2D eigenvalue weighted by molar-refractivity contribution is 6.46. The van der Waals surface area contributed by atoms with Crippen LogP contribution in [-0.2, 0) is 22.4 Å². The van der Waals surface area contributed by atoms with Crippen LogP contribution in [0.2, 0.25) is 5.02 Å². The summed E-state index contributed by atoms with van der Waals surface area (Å²) < 4.78 is 0. The summed E-state index contributed by atoms with van der Waals surface area (Å²) in [6.07, 6.45) is -5.85. The van der Waals surface area contributed by atoms with Crippen molar-refractivity contribution in [2.45, 2.75) is 36.2 Å². The van der Waals surface area contributed by atoms with Crippen LogP contribution in [0, 0.1) is 0 Å². The first-order valence-corrected chi connectivity index (χ1v) is 9.21. The number of rotatable bonds is 9. The maximum Gasteiger partial charge on any atom is 0.262 e. The summed E-state index contributed by atoms with van der Waals surface area (Å²) >= 11 is 11.4. The molecule has 0 aliphatic rings. The molecule has 0 spiro atoms. The van der Waals surface area contributed by atoms with Crippen LogP contribution in [0.4, 0.5) is 0 Å². The Kier molecular flexibility index (Phi) is 7.71. The normalized spacial score (nSPS) is 16.6. The van der Waals surface area contributed by atoms with E-state index in [2.05, 4.69) is 0 Å². The van der Waals surface area contributed by atoms with Gasteiger partial charge in [0, 0.05) is 17.9 Å². The number of ketones is 2. The number of aliphatic hydroxyl groups is 4. The molecule has 0 saturated heterocycles. The van der Waals surface area contributed by atoms with Crippen LogP contribution in [0.1, 0.15) is 11.1 Å². The quantitative estimate of drug-likeness (QED) is 0.354. The zero-order valence-electron chi connectivity index (χ0n) is 14.7. The van der Waals surface area contributed by atoms with Gasteiger partial charge in [-0.15, -0.1) is 0 Å². The molecule has 0 heterocycles. The fourth-order valence-corrected chi connectivity index (χ4v) is 2.98. The lowest BCUT2D eigenvalue weighted by Gasteiger charge is -2.25. The van der Waals surface area contributed by atoms with Crippen LogP contribution in [0.5, 0.6) is 0 Å². The third kappa shape index (κ3) is 5.61. The van der Waals surface area contributed by atoms with Crippen LogP contribution in [0.25, 0.3) is 0 Å². The summed E-state index contributed by atoms with van der Waals surface area (Å²) in [7, 11) is 0. The molecule has 0 aromatic heterocycles. The molecule has 0 radical (unpaired) electrons. The molecule has 28 heavy (non-hydrogen) atoms. The van der Waals surface area contributed by atoms with Crippen LogP contribution >= 0.6 is 23.2 Å². The van der Waals surface area contributed by atoms with E-state index in [9.17, 15) is 30.0 Å². The maximum absolute atomic E-state index is 12.3. The van der Waals surface area contributed by atoms with Crippen LogP contribution in [0.15, 0.2) is 54.6 Å². The van der Waals surface area contributed by atoms with Crippen molar-refractivity contribution in [2.24, 2.45) is 0 Å². The zero-order valence-corrected chi connectivity index (χ0v) is 16.2. The first-order chi connectivity index (χ1) is 13.1. The molecule has 2 aromatic carbocycles. The Hall–Kier alpha value is -1.80. The van der Waals surface area contributed by atoms with E-state index in [1.54, 1.807) is 54.6 Å². The molecule has 0 bridgehead atoms. The van der Waals surface area contributed by atoms with Gasteiger partial charge in [0.1, 0.15) is 12.2 Å². The molecular weight excluding hydrogens is 407 g/mol. The molecule has 0 aliphatic carbocycles. The molecule has 6 nitrogen and oxygen atoms in total. The van der Waals surface area contributed by atoms with E-state index >= 15 is 0 Å². The minimum absolute atomic E-state index is 0.141. The number of Topliss-reactive ketones (excluding diaryl/α,β-unsaturated/α-hetero) is 2. The van der Waals surface area contributed by atoms with Gasteiger partial charge in [-0.2, -0.15) is 0 Å². The minimum atomic E-state index is -3.17. The lowest BCUT2D eigenvalue weighted by molar-refractivity contribution is -0.155. The van der Waals surface area contributed by atoms with E-state index in [0.29, 0.717) is 16.1 Å². The summed E-state index contributed by atoms with van der Waals surface area (Å²) in [6.45, 7) is 0. The fraction of sp³-hybridized carbons (Fsp3) is 0.300. The summed E-state index contributed by atoms with van der Waals surface area (Å²) in [5, 5.41) is 37.6. The summed E-state index contributed by atoms with van der Waals surface area (Å²) in [5.74, 6) is -2.88. The fourth-order valence-electron chi connectivity index (χ4n) is 2.62. The van der Waals surface area contributed by atoms with Gasteiger partial charge in [-0.3, -0.25) is 9.59 Å². The highest BCUT2D eigenvalue weighted by Gasteiger charge is 2.48. The number of halogens is 2. The van der Waals surface area contributed by atoms with Crippen molar-refractivity contribution in [2.75, 3.05) is 0 Å². The van der Waals surface area contributed by atoms with Gasteiger partial charge in [-0.25, -0.2) is 0 Å². The molecule has 2 unspecified atom stereocenters. The molecule has 0 aliphatic heterocycles. The molecule has 0 fully saturated rings. The van der Waals surface area contributed by atoms with Crippen LogP contribution in [0.3, 0.4) is 0 Å². The third-order valence-corrected chi connectivity index (χ3v) is 4.84. The molecule has 0 amide bonds. The van der Waals surface area contributed by atoms with E-state index in [4.69, 9.17) is 23.2 Å². The third-order valence-electron chi connectivity index (χ3n) is 4.22. The van der Waals surface area contributed by atoms with E-state index in [1.807, 2.05) is 0 Å². The maximum atomic E-state index is 12.3. The second kappa shape index (κ2) is 9.60. The summed E-state index contributed by atoms with van der Waals surface area (Å²) in [4.78, 5) is 24.6. The predicted molar refractivity (Wildman–Crippen MR) is 104 cm³/mol. The van der Waals surface area contributed by atoms with E-state index in [0.717, 1.165) is 0 Å². The second-order valence-corrected chi connectivity index (χ2v) is 7.38. The van der Waals surface area contributed by atoms with Crippen molar-refractivity contribution in [1.29, 1.82) is 0 Å². The van der Waals surface area contributed by atoms with Crippen molar-refractivity contribution in [3.05, 3.63) is 70.7 Å². The van der Waals surface area contributed by atoms with Crippen LogP contribution < -0.4 is 0 Å².